The summed E-state index contributed by atoms with van der Waals surface area (Å²) >= 11 is 4.96. The van der Waals surface area contributed by atoms with Gasteiger partial charge in [0, 0.05) is 27.3 Å². The predicted octanol–water partition coefficient (Wildman–Crippen LogP) is 4.23. The van der Waals surface area contributed by atoms with Gasteiger partial charge in [0.05, 0.1) is 6.54 Å². The number of hydrogen-bond acceptors (Lipinski definition) is 2. The average Bonchev–Trinajstić information content (AvgIpc) is 2.72. The molecule has 0 N–H and O–H groups in total. The lowest BCUT2D eigenvalue weighted by Gasteiger charge is -2.16. The summed E-state index contributed by atoms with van der Waals surface area (Å²) in [4.78, 5) is 14.9. The van der Waals surface area contributed by atoms with Gasteiger partial charge in [-0.1, -0.05) is 0 Å². The molecule has 1 heterocycles. The minimum atomic E-state index is -0.379. The highest BCUT2D eigenvalue weighted by Crippen LogP contribution is 2.21. The SMILES string of the molecule is Cc1cc(F)cc(C(=O)N(C)Cc2cc(Br)cs2)c1. The number of nitrogens with zero attached hydrogens (tertiary/aromatic N) is 1. The van der Waals surface area contributed by atoms with Gasteiger partial charge in [0.15, 0.2) is 0 Å². The average molecular weight is 342 g/mol. The lowest BCUT2D eigenvalue weighted by atomic mass is 10.1. The molecule has 0 spiro atoms. The monoisotopic (exact) mass is 341 g/mol. The molecular formula is C14H13BrFNOS. The summed E-state index contributed by atoms with van der Waals surface area (Å²) in [5.74, 6) is -0.553. The molecule has 5 heteroatoms. The molecule has 0 aliphatic rings. The third-order valence-corrected chi connectivity index (χ3v) is 4.33. The lowest BCUT2D eigenvalue weighted by molar-refractivity contribution is 0.0786. The van der Waals surface area contributed by atoms with Crippen molar-refractivity contribution in [1.29, 1.82) is 0 Å². The number of rotatable bonds is 3. The number of carbonyl (C=O) groups is 1. The Balaban J connectivity index is 2.14. The van der Waals surface area contributed by atoms with Crippen molar-refractivity contribution in [3.8, 4) is 0 Å². The second-order valence-electron chi connectivity index (χ2n) is 4.41. The van der Waals surface area contributed by atoms with E-state index in [1.807, 2.05) is 11.4 Å². The standard InChI is InChI=1S/C14H13BrFNOS/c1-9-3-10(5-12(16)4-9)14(18)17(2)7-13-6-11(15)8-19-13/h3-6,8H,7H2,1-2H3. The Morgan fingerprint density at radius 2 is 2.11 bits per heavy atom. The Hall–Kier alpha value is -1.20. The van der Waals surface area contributed by atoms with Gasteiger partial charge in [-0.05, 0) is 52.7 Å². The van der Waals surface area contributed by atoms with E-state index in [-0.39, 0.29) is 11.7 Å². The third kappa shape index (κ3) is 3.64. The fourth-order valence-electron chi connectivity index (χ4n) is 1.82. The van der Waals surface area contributed by atoms with Crippen LogP contribution >= 0.6 is 27.3 Å². The first-order valence-electron chi connectivity index (χ1n) is 5.71. The first-order chi connectivity index (χ1) is 8.95. The second-order valence-corrected chi connectivity index (χ2v) is 6.32. The van der Waals surface area contributed by atoms with E-state index in [1.54, 1.807) is 36.3 Å². The molecule has 2 rings (SSSR count). The van der Waals surface area contributed by atoms with Crippen LogP contribution in [0.1, 0.15) is 20.8 Å². The Labute approximate surface area is 124 Å². The predicted molar refractivity (Wildman–Crippen MR) is 79.0 cm³/mol. The molecule has 19 heavy (non-hydrogen) atoms. The number of thiophene rings is 1. The number of benzene rings is 1. The molecule has 0 atom stereocenters. The highest BCUT2D eigenvalue weighted by Gasteiger charge is 2.14. The lowest BCUT2D eigenvalue weighted by Crippen LogP contribution is -2.26. The largest absolute Gasteiger partial charge is 0.337 e. The van der Waals surface area contributed by atoms with Crippen molar-refractivity contribution in [2.75, 3.05) is 7.05 Å². The fraction of sp³-hybridized carbons (Fsp3) is 0.214. The van der Waals surface area contributed by atoms with Crippen LogP contribution in [-0.4, -0.2) is 17.9 Å². The van der Waals surface area contributed by atoms with Gasteiger partial charge < -0.3 is 4.90 Å². The first kappa shape index (κ1) is 14.2. The fourth-order valence-corrected chi connectivity index (χ4v) is 3.33. The van der Waals surface area contributed by atoms with Crippen LogP contribution in [0.4, 0.5) is 4.39 Å². The zero-order valence-electron chi connectivity index (χ0n) is 10.6. The molecule has 1 aromatic carbocycles. The van der Waals surface area contributed by atoms with Crippen LogP contribution in [0.5, 0.6) is 0 Å². The van der Waals surface area contributed by atoms with Crippen LogP contribution < -0.4 is 0 Å². The first-order valence-corrected chi connectivity index (χ1v) is 7.38. The molecule has 1 amide bonds. The summed E-state index contributed by atoms with van der Waals surface area (Å²) in [6, 6.07) is 6.36. The Morgan fingerprint density at radius 3 is 2.68 bits per heavy atom. The summed E-state index contributed by atoms with van der Waals surface area (Å²) in [6.07, 6.45) is 0. The summed E-state index contributed by atoms with van der Waals surface area (Å²) < 4.78 is 14.3. The highest BCUT2D eigenvalue weighted by molar-refractivity contribution is 9.10. The minimum Gasteiger partial charge on any atom is -0.337 e. The van der Waals surface area contributed by atoms with Crippen molar-refractivity contribution in [3.05, 3.63) is 55.9 Å². The summed E-state index contributed by atoms with van der Waals surface area (Å²) in [5, 5.41) is 1.97. The maximum Gasteiger partial charge on any atom is 0.254 e. The van der Waals surface area contributed by atoms with E-state index in [1.165, 1.54) is 12.1 Å². The van der Waals surface area contributed by atoms with Gasteiger partial charge in [-0.3, -0.25) is 4.79 Å². The maximum atomic E-state index is 13.3. The van der Waals surface area contributed by atoms with E-state index in [0.717, 1.165) is 14.9 Å². The molecule has 0 fully saturated rings. The molecule has 0 saturated carbocycles. The molecule has 0 saturated heterocycles. The molecule has 0 radical (unpaired) electrons. The van der Waals surface area contributed by atoms with Gasteiger partial charge >= 0.3 is 0 Å². The van der Waals surface area contributed by atoms with Crippen LogP contribution in [-0.2, 0) is 6.54 Å². The zero-order valence-corrected chi connectivity index (χ0v) is 13.0. The van der Waals surface area contributed by atoms with Crippen LogP contribution in [0.3, 0.4) is 0 Å². The smallest absolute Gasteiger partial charge is 0.254 e. The highest BCUT2D eigenvalue weighted by atomic mass is 79.9. The molecule has 2 nitrogen and oxygen atoms in total. The number of carbonyl (C=O) groups excluding carboxylic acids is 1. The van der Waals surface area contributed by atoms with Crippen molar-refractivity contribution < 1.29 is 9.18 Å². The second kappa shape index (κ2) is 5.84. The molecular weight excluding hydrogens is 329 g/mol. The molecule has 1 aromatic heterocycles. The third-order valence-electron chi connectivity index (χ3n) is 2.65. The van der Waals surface area contributed by atoms with E-state index < -0.39 is 0 Å². The van der Waals surface area contributed by atoms with Crippen LogP contribution in [0.2, 0.25) is 0 Å². The van der Waals surface area contributed by atoms with Gasteiger partial charge in [0.2, 0.25) is 0 Å². The van der Waals surface area contributed by atoms with Gasteiger partial charge in [0.1, 0.15) is 5.82 Å². The summed E-state index contributed by atoms with van der Waals surface area (Å²) in [5.41, 5.74) is 1.13. The van der Waals surface area contributed by atoms with Crippen molar-refractivity contribution in [2.24, 2.45) is 0 Å². The number of amides is 1. The Morgan fingerprint density at radius 1 is 1.37 bits per heavy atom. The van der Waals surface area contributed by atoms with Crippen molar-refractivity contribution >= 4 is 33.2 Å². The molecule has 0 aliphatic heterocycles. The van der Waals surface area contributed by atoms with Crippen LogP contribution in [0.15, 0.2) is 34.1 Å². The van der Waals surface area contributed by atoms with Gasteiger partial charge in [0.25, 0.3) is 5.91 Å². The molecule has 100 valence electrons. The van der Waals surface area contributed by atoms with E-state index in [4.69, 9.17) is 0 Å². The van der Waals surface area contributed by atoms with Crippen molar-refractivity contribution in [1.82, 2.24) is 4.90 Å². The Kier molecular flexibility index (Phi) is 4.37. The molecule has 2 aromatic rings. The molecule has 0 bridgehead atoms. The minimum absolute atomic E-state index is 0.174. The van der Waals surface area contributed by atoms with Gasteiger partial charge in [-0.2, -0.15) is 0 Å². The molecule has 0 unspecified atom stereocenters. The van der Waals surface area contributed by atoms with Crippen LogP contribution in [0.25, 0.3) is 0 Å². The number of aryl methyl sites for hydroxylation is 1. The Bertz CT molecular complexity index is 591. The van der Waals surface area contributed by atoms with Crippen molar-refractivity contribution in [3.63, 3.8) is 0 Å². The van der Waals surface area contributed by atoms with E-state index in [2.05, 4.69) is 15.9 Å². The summed E-state index contributed by atoms with van der Waals surface area (Å²) in [7, 11) is 1.72. The number of hydrogen-bond donors (Lipinski definition) is 0. The summed E-state index contributed by atoms with van der Waals surface area (Å²) in [6.45, 7) is 2.29. The normalized spacial score (nSPS) is 10.5. The van der Waals surface area contributed by atoms with Gasteiger partial charge in [-0.25, -0.2) is 4.39 Å². The van der Waals surface area contributed by atoms with E-state index >= 15 is 0 Å². The maximum absolute atomic E-state index is 13.3. The topological polar surface area (TPSA) is 20.3 Å². The van der Waals surface area contributed by atoms with Gasteiger partial charge in [-0.15, -0.1) is 11.3 Å². The van der Waals surface area contributed by atoms with Crippen LogP contribution in [0, 0.1) is 12.7 Å². The zero-order chi connectivity index (χ0) is 14.0. The number of halogens is 2. The van der Waals surface area contributed by atoms with E-state index in [9.17, 15) is 9.18 Å². The van der Waals surface area contributed by atoms with Crippen molar-refractivity contribution in [2.45, 2.75) is 13.5 Å². The van der Waals surface area contributed by atoms with E-state index in [0.29, 0.717) is 12.1 Å². The molecule has 0 aliphatic carbocycles. The quantitative estimate of drug-likeness (QED) is 0.817.